The summed E-state index contributed by atoms with van der Waals surface area (Å²) in [5.74, 6) is -0.859. The Hall–Kier alpha value is -2.03. The average Bonchev–Trinajstić information content (AvgIpc) is 2.21. The molecular weight excluding hydrogens is 277 g/mol. The molecule has 0 bridgehead atoms. The van der Waals surface area contributed by atoms with Gasteiger partial charge in [0, 0.05) is 0 Å². The molecule has 1 aromatic rings. The molecule has 106 valence electrons. The largest absolute Gasteiger partial charge is 0.446 e. The molecule has 0 atom stereocenters. The number of ether oxygens (including phenoxy) is 1. The van der Waals surface area contributed by atoms with Crippen molar-refractivity contribution in [2.45, 2.75) is 20.0 Å². The Morgan fingerprint density at radius 2 is 2.05 bits per heavy atom. The molecule has 1 amide bonds. The van der Waals surface area contributed by atoms with Crippen molar-refractivity contribution >= 4 is 27.7 Å². The summed E-state index contributed by atoms with van der Waals surface area (Å²) in [6, 6.07) is 3.66. The molecule has 0 fully saturated rings. The van der Waals surface area contributed by atoms with Gasteiger partial charge in [-0.3, -0.25) is 4.72 Å². The Morgan fingerprint density at radius 1 is 1.42 bits per heavy atom. The molecule has 0 aliphatic carbocycles. The first-order valence-corrected chi connectivity index (χ1v) is 6.75. The van der Waals surface area contributed by atoms with Gasteiger partial charge >= 0.3 is 16.3 Å². The maximum Gasteiger partial charge on any atom is 0.422 e. The first kappa shape index (κ1) is 15.0. The van der Waals surface area contributed by atoms with E-state index in [4.69, 9.17) is 5.73 Å². The van der Waals surface area contributed by atoms with Crippen LogP contribution in [0.3, 0.4) is 0 Å². The average molecular weight is 291 g/mol. The summed E-state index contributed by atoms with van der Waals surface area (Å²) >= 11 is 0. The third-order valence-corrected chi connectivity index (χ3v) is 2.75. The van der Waals surface area contributed by atoms with Gasteiger partial charge in [-0.25, -0.2) is 13.9 Å². The maximum absolute atomic E-state index is 13.4. The molecule has 0 spiro atoms. The summed E-state index contributed by atoms with van der Waals surface area (Å²) in [5.41, 5.74) is 4.88. The van der Waals surface area contributed by atoms with Crippen LogP contribution < -0.4 is 15.2 Å². The van der Waals surface area contributed by atoms with E-state index in [0.717, 1.165) is 6.07 Å². The molecule has 0 radical (unpaired) electrons. The quantitative estimate of drug-likeness (QED) is 0.722. The highest BCUT2D eigenvalue weighted by atomic mass is 32.2. The van der Waals surface area contributed by atoms with Gasteiger partial charge in [0.05, 0.1) is 11.8 Å². The Morgan fingerprint density at radius 3 is 2.58 bits per heavy atom. The van der Waals surface area contributed by atoms with Crippen molar-refractivity contribution in [1.29, 1.82) is 0 Å². The Kier molecular flexibility index (Phi) is 4.54. The molecule has 0 heterocycles. The fourth-order valence-corrected chi connectivity index (χ4v) is 1.96. The molecule has 0 saturated heterocycles. The zero-order valence-corrected chi connectivity index (χ0v) is 11.1. The van der Waals surface area contributed by atoms with Gasteiger partial charge in [0.2, 0.25) is 0 Å². The molecule has 4 N–H and O–H groups in total. The van der Waals surface area contributed by atoms with Gasteiger partial charge in [0.25, 0.3) is 0 Å². The van der Waals surface area contributed by atoms with Gasteiger partial charge in [0.15, 0.2) is 0 Å². The lowest BCUT2D eigenvalue weighted by Crippen LogP contribution is -2.37. The van der Waals surface area contributed by atoms with Crippen molar-refractivity contribution in [2.24, 2.45) is 0 Å². The van der Waals surface area contributed by atoms with Crippen molar-refractivity contribution in [2.75, 3.05) is 10.5 Å². The third-order valence-electron chi connectivity index (χ3n) is 1.84. The number of carbonyl (C=O) groups is 1. The molecular formula is C10H14FN3O4S. The molecule has 1 rings (SSSR count). The molecule has 0 unspecified atom stereocenters. The predicted molar refractivity (Wildman–Crippen MR) is 68.1 cm³/mol. The van der Waals surface area contributed by atoms with Gasteiger partial charge in [-0.05, 0) is 26.0 Å². The van der Waals surface area contributed by atoms with Crippen LogP contribution in [-0.4, -0.2) is 20.6 Å². The number of hydrogen-bond acceptors (Lipinski definition) is 5. The number of rotatable bonds is 4. The van der Waals surface area contributed by atoms with Gasteiger partial charge in [0.1, 0.15) is 11.5 Å². The smallest absolute Gasteiger partial charge is 0.422 e. The summed E-state index contributed by atoms with van der Waals surface area (Å²) in [7, 11) is -4.32. The number of halogens is 1. The van der Waals surface area contributed by atoms with Crippen LogP contribution in [0.1, 0.15) is 13.8 Å². The fraction of sp³-hybridized carbons (Fsp3) is 0.300. The first-order chi connectivity index (χ1) is 8.71. The van der Waals surface area contributed by atoms with Crippen LogP contribution in [0.4, 0.5) is 20.6 Å². The monoisotopic (exact) mass is 291 g/mol. The zero-order chi connectivity index (χ0) is 14.6. The second kappa shape index (κ2) is 5.74. The highest BCUT2D eigenvalue weighted by Crippen LogP contribution is 2.22. The van der Waals surface area contributed by atoms with Crippen LogP contribution in [0, 0.1) is 5.82 Å². The van der Waals surface area contributed by atoms with E-state index >= 15 is 0 Å². The molecule has 0 aliphatic heterocycles. The van der Waals surface area contributed by atoms with Gasteiger partial charge < -0.3 is 10.5 Å². The minimum atomic E-state index is -4.32. The summed E-state index contributed by atoms with van der Waals surface area (Å²) in [4.78, 5) is 11.2. The SMILES string of the molecule is CC(C)OC(=O)NS(=O)(=O)Nc1c(N)cccc1F. The lowest BCUT2D eigenvalue weighted by atomic mass is 10.3. The standard InChI is InChI=1S/C10H14FN3O4S/c1-6(2)18-10(15)14-19(16,17)13-9-7(11)4-3-5-8(9)12/h3-6,13H,12H2,1-2H3,(H,14,15). The van der Waals surface area contributed by atoms with Crippen LogP contribution in [0.25, 0.3) is 0 Å². The minimum absolute atomic E-state index is 0.109. The van der Waals surface area contributed by atoms with Crippen molar-refractivity contribution in [3.63, 3.8) is 0 Å². The number of benzene rings is 1. The van der Waals surface area contributed by atoms with Gasteiger partial charge in [-0.15, -0.1) is 0 Å². The van der Waals surface area contributed by atoms with E-state index in [2.05, 4.69) is 4.74 Å². The second-order valence-electron chi connectivity index (χ2n) is 3.87. The normalized spacial score (nSPS) is 11.2. The molecule has 1 aromatic carbocycles. The topological polar surface area (TPSA) is 111 Å². The number of hydrogen-bond donors (Lipinski definition) is 3. The third kappa shape index (κ3) is 4.62. The van der Waals surface area contributed by atoms with Gasteiger partial charge in [-0.2, -0.15) is 8.42 Å². The van der Waals surface area contributed by atoms with Crippen molar-refractivity contribution in [3.05, 3.63) is 24.0 Å². The second-order valence-corrected chi connectivity index (χ2v) is 5.28. The lowest BCUT2D eigenvalue weighted by molar-refractivity contribution is 0.121. The Labute approximate surface area is 110 Å². The Bertz CT molecular complexity index is 554. The zero-order valence-electron chi connectivity index (χ0n) is 10.3. The number of amides is 1. The maximum atomic E-state index is 13.4. The molecule has 9 heteroatoms. The molecule has 0 aromatic heterocycles. The summed E-state index contributed by atoms with van der Waals surface area (Å²) in [5, 5.41) is 0. The van der Waals surface area contributed by atoms with E-state index in [1.165, 1.54) is 12.1 Å². The van der Waals surface area contributed by atoms with E-state index in [1.807, 2.05) is 4.72 Å². The van der Waals surface area contributed by atoms with Crippen molar-refractivity contribution in [3.8, 4) is 0 Å². The minimum Gasteiger partial charge on any atom is -0.446 e. The highest BCUT2D eigenvalue weighted by Gasteiger charge is 2.19. The lowest BCUT2D eigenvalue weighted by Gasteiger charge is -2.13. The van der Waals surface area contributed by atoms with E-state index in [-0.39, 0.29) is 5.69 Å². The summed E-state index contributed by atoms with van der Waals surface area (Å²) in [6.07, 6.45) is -1.66. The summed E-state index contributed by atoms with van der Waals surface area (Å²) in [6.45, 7) is 3.10. The molecule has 0 aliphatic rings. The number of nitrogens with two attached hydrogens (primary N) is 1. The number of nitrogen functional groups attached to an aromatic ring is 1. The van der Waals surface area contributed by atoms with E-state index in [9.17, 15) is 17.6 Å². The van der Waals surface area contributed by atoms with E-state index in [1.54, 1.807) is 18.6 Å². The number of nitrogens with one attached hydrogen (secondary N) is 2. The fourth-order valence-electron chi connectivity index (χ4n) is 1.16. The van der Waals surface area contributed by atoms with Crippen LogP contribution >= 0.6 is 0 Å². The highest BCUT2D eigenvalue weighted by molar-refractivity contribution is 7.91. The van der Waals surface area contributed by atoms with Crippen LogP contribution in [0.2, 0.25) is 0 Å². The van der Waals surface area contributed by atoms with Gasteiger partial charge in [-0.1, -0.05) is 6.07 Å². The summed E-state index contributed by atoms with van der Waals surface area (Å²) < 4.78 is 44.5. The van der Waals surface area contributed by atoms with Crippen molar-refractivity contribution in [1.82, 2.24) is 4.72 Å². The number of para-hydroxylation sites is 1. The number of carbonyl (C=O) groups excluding carboxylic acids is 1. The van der Waals surface area contributed by atoms with Crippen LogP contribution in [0.5, 0.6) is 0 Å². The molecule has 0 saturated carbocycles. The van der Waals surface area contributed by atoms with E-state index < -0.39 is 33.9 Å². The van der Waals surface area contributed by atoms with Crippen LogP contribution in [-0.2, 0) is 14.9 Å². The van der Waals surface area contributed by atoms with Crippen LogP contribution in [0.15, 0.2) is 18.2 Å². The molecule has 19 heavy (non-hydrogen) atoms. The Balaban J connectivity index is 2.83. The number of anilines is 2. The predicted octanol–water partition coefficient (Wildman–Crippen LogP) is 1.20. The van der Waals surface area contributed by atoms with E-state index in [0.29, 0.717) is 0 Å². The molecule has 7 nitrogen and oxygen atoms in total. The first-order valence-electron chi connectivity index (χ1n) is 5.26. The van der Waals surface area contributed by atoms with Crippen molar-refractivity contribution < 1.29 is 22.3 Å².